The van der Waals surface area contributed by atoms with Crippen LogP contribution in [-0.2, 0) is 0 Å². The van der Waals surface area contributed by atoms with Gasteiger partial charge in [-0.3, -0.25) is 4.98 Å². The fourth-order valence-electron chi connectivity index (χ4n) is 2.92. The number of piperidine rings is 1. The van der Waals surface area contributed by atoms with Gasteiger partial charge in [-0.15, -0.1) is 0 Å². The molecule has 1 saturated heterocycles. The molecule has 122 valence electrons. The highest BCUT2D eigenvalue weighted by atomic mass is 16.2. The minimum atomic E-state index is -0.111. The minimum absolute atomic E-state index is 0.0836. The summed E-state index contributed by atoms with van der Waals surface area (Å²) >= 11 is 0. The Morgan fingerprint density at radius 2 is 2.23 bits per heavy atom. The monoisotopic (exact) mass is 304 g/mol. The average Bonchev–Trinajstić information content (AvgIpc) is 2.54. The minimum Gasteiger partial charge on any atom is -0.338 e. The van der Waals surface area contributed by atoms with Gasteiger partial charge in [0.05, 0.1) is 11.7 Å². The van der Waals surface area contributed by atoms with E-state index in [0.29, 0.717) is 12.0 Å². The summed E-state index contributed by atoms with van der Waals surface area (Å²) in [5.74, 6) is 0.548. The van der Waals surface area contributed by atoms with Gasteiger partial charge in [0, 0.05) is 25.3 Å². The van der Waals surface area contributed by atoms with Crippen molar-refractivity contribution in [3.05, 3.63) is 30.1 Å². The van der Waals surface area contributed by atoms with Crippen molar-refractivity contribution in [3.63, 3.8) is 0 Å². The molecule has 0 saturated carbocycles. The van der Waals surface area contributed by atoms with Crippen molar-refractivity contribution < 1.29 is 4.79 Å². The molecule has 0 radical (unpaired) electrons. The molecule has 0 aliphatic carbocycles. The van der Waals surface area contributed by atoms with Crippen molar-refractivity contribution in [3.8, 4) is 0 Å². The second-order valence-electron chi connectivity index (χ2n) is 6.43. The molecule has 2 N–H and O–H groups in total. The van der Waals surface area contributed by atoms with Crippen molar-refractivity contribution in [1.29, 1.82) is 0 Å². The molecule has 1 fully saturated rings. The van der Waals surface area contributed by atoms with Crippen LogP contribution in [0.5, 0.6) is 0 Å². The van der Waals surface area contributed by atoms with E-state index in [1.54, 1.807) is 6.20 Å². The molecule has 1 aromatic heterocycles. The van der Waals surface area contributed by atoms with Crippen LogP contribution in [0.4, 0.5) is 4.79 Å². The predicted molar refractivity (Wildman–Crippen MR) is 88.6 cm³/mol. The predicted octanol–water partition coefficient (Wildman–Crippen LogP) is 2.56. The summed E-state index contributed by atoms with van der Waals surface area (Å²) in [6.45, 7) is 9.41. The zero-order valence-corrected chi connectivity index (χ0v) is 13.9. The second kappa shape index (κ2) is 8.13. The Balaban J connectivity index is 1.73. The molecule has 2 amide bonds. The summed E-state index contributed by atoms with van der Waals surface area (Å²) in [6, 6.07) is 6.12. The van der Waals surface area contributed by atoms with Gasteiger partial charge in [0.2, 0.25) is 0 Å². The fraction of sp³-hybridized carbons (Fsp3) is 0.647. The largest absolute Gasteiger partial charge is 0.338 e. The number of nitrogens with zero attached hydrogens (tertiary/aromatic N) is 2. The van der Waals surface area contributed by atoms with E-state index in [2.05, 4.69) is 34.4 Å². The van der Waals surface area contributed by atoms with Crippen LogP contribution in [0.1, 0.15) is 45.3 Å². The second-order valence-corrected chi connectivity index (χ2v) is 6.43. The molecule has 0 bridgehead atoms. The lowest BCUT2D eigenvalue weighted by molar-refractivity contribution is 0.139. The Labute approximate surface area is 133 Å². The quantitative estimate of drug-likeness (QED) is 0.879. The summed E-state index contributed by atoms with van der Waals surface area (Å²) in [7, 11) is 0. The summed E-state index contributed by atoms with van der Waals surface area (Å²) in [4.78, 5) is 18.8. The molecule has 2 atom stereocenters. The van der Waals surface area contributed by atoms with Gasteiger partial charge in [0.1, 0.15) is 0 Å². The first kappa shape index (κ1) is 16.7. The third kappa shape index (κ3) is 4.98. The Morgan fingerprint density at radius 3 is 2.91 bits per heavy atom. The van der Waals surface area contributed by atoms with E-state index in [4.69, 9.17) is 0 Å². The van der Waals surface area contributed by atoms with Crippen LogP contribution < -0.4 is 10.6 Å². The number of amides is 2. The van der Waals surface area contributed by atoms with Gasteiger partial charge in [0.25, 0.3) is 0 Å². The van der Waals surface area contributed by atoms with Crippen LogP contribution in [0.2, 0.25) is 0 Å². The zero-order chi connectivity index (χ0) is 15.9. The third-order valence-electron chi connectivity index (χ3n) is 4.31. The number of carbonyl (C=O) groups is 1. The van der Waals surface area contributed by atoms with Gasteiger partial charge < -0.3 is 15.5 Å². The highest BCUT2D eigenvalue weighted by Crippen LogP contribution is 2.17. The van der Waals surface area contributed by atoms with E-state index < -0.39 is 0 Å². The molecular formula is C17H28N4O. The van der Waals surface area contributed by atoms with E-state index in [-0.39, 0.29) is 12.1 Å². The Hall–Kier alpha value is -1.62. The van der Waals surface area contributed by atoms with Gasteiger partial charge in [-0.25, -0.2) is 4.79 Å². The molecule has 1 aliphatic heterocycles. The molecule has 1 aliphatic rings. The van der Waals surface area contributed by atoms with Crippen LogP contribution in [0.3, 0.4) is 0 Å². The topological polar surface area (TPSA) is 57.3 Å². The maximum atomic E-state index is 12.0. The number of hydrogen-bond donors (Lipinski definition) is 2. The molecule has 0 spiro atoms. The molecule has 5 nitrogen and oxygen atoms in total. The van der Waals surface area contributed by atoms with Crippen molar-refractivity contribution in [2.24, 2.45) is 5.92 Å². The van der Waals surface area contributed by atoms with Gasteiger partial charge in [-0.2, -0.15) is 0 Å². The summed E-state index contributed by atoms with van der Waals surface area (Å²) in [5, 5.41) is 5.95. The zero-order valence-electron chi connectivity index (χ0n) is 13.9. The normalized spacial score (nSPS) is 20.6. The van der Waals surface area contributed by atoms with Crippen LogP contribution in [0, 0.1) is 5.92 Å². The lowest BCUT2D eigenvalue weighted by Crippen LogP contribution is -2.45. The molecule has 5 heteroatoms. The third-order valence-corrected chi connectivity index (χ3v) is 4.31. The van der Waals surface area contributed by atoms with Crippen LogP contribution in [0.25, 0.3) is 0 Å². The Bertz CT molecular complexity index is 463. The van der Waals surface area contributed by atoms with Crippen molar-refractivity contribution in [2.45, 2.75) is 45.7 Å². The maximum absolute atomic E-state index is 12.0. The summed E-state index contributed by atoms with van der Waals surface area (Å²) < 4.78 is 0. The number of hydrogen-bond acceptors (Lipinski definition) is 3. The van der Waals surface area contributed by atoms with Crippen LogP contribution >= 0.6 is 0 Å². The number of nitrogens with one attached hydrogen (secondary N) is 2. The van der Waals surface area contributed by atoms with E-state index in [0.717, 1.165) is 18.8 Å². The Kier molecular flexibility index (Phi) is 6.19. The summed E-state index contributed by atoms with van der Waals surface area (Å²) in [6.07, 6.45) is 4.16. The molecule has 2 rings (SSSR count). The molecule has 22 heavy (non-hydrogen) atoms. The Morgan fingerprint density at radius 1 is 1.41 bits per heavy atom. The van der Waals surface area contributed by atoms with Gasteiger partial charge in [-0.1, -0.05) is 6.07 Å². The van der Waals surface area contributed by atoms with Crippen LogP contribution in [0.15, 0.2) is 24.4 Å². The fourth-order valence-corrected chi connectivity index (χ4v) is 2.92. The number of rotatable bonds is 5. The molecule has 1 aromatic rings. The van der Waals surface area contributed by atoms with Gasteiger partial charge in [-0.05, 0) is 58.2 Å². The first-order chi connectivity index (χ1) is 10.6. The average molecular weight is 304 g/mol. The number of likely N-dealkylation sites (tertiary alicyclic amines) is 1. The SMILES string of the molecule is CC(C)N1CCC[C@@H](CNC(=O)N[C@@H](C)c2ccccn2)C1. The summed E-state index contributed by atoms with van der Waals surface area (Å²) in [5.41, 5.74) is 0.876. The smallest absolute Gasteiger partial charge is 0.315 e. The highest BCUT2D eigenvalue weighted by molar-refractivity contribution is 5.74. The first-order valence-corrected chi connectivity index (χ1v) is 8.25. The number of carbonyl (C=O) groups excluding carboxylic acids is 1. The molecule has 0 aromatic carbocycles. The maximum Gasteiger partial charge on any atom is 0.315 e. The van der Waals surface area contributed by atoms with Crippen molar-refractivity contribution in [1.82, 2.24) is 20.5 Å². The van der Waals surface area contributed by atoms with E-state index in [1.165, 1.54) is 19.4 Å². The standard InChI is InChI=1S/C17H28N4O/c1-13(2)21-10-6-7-15(12-21)11-19-17(22)20-14(3)16-8-4-5-9-18-16/h4-5,8-9,13-15H,6-7,10-12H2,1-3H3,(H2,19,20,22)/t14-,15-/m0/s1. The van der Waals surface area contributed by atoms with Crippen molar-refractivity contribution in [2.75, 3.05) is 19.6 Å². The van der Waals surface area contributed by atoms with E-state index in [9.17, 15) is 4.79 Å². The number of urea groups is 1. The van der Waals surface area contributed by atoms with E-state index >= 15 is 0 Å². The first-order valence-electron chi connectivity index (χ1n) is 8.25. The number of aromatic nitrogens is 1. The highest BCUT2D eigenvalue weighted by Gasteiger charge is 2.22. The molecular weight excluding hydrogens is 276 g/mol. The van der Waals surface area contributed by atoms with Crippen LogP contribution in [-0.4, -0.2) is 41.6 Å². The van der Waals surface area contributed by atoms with Gasteiger partial charge >= 0.3 is 6.03 Å². The number of pyridine rings is 1. The van der Waals surface area contributed by atoms with Crippen molar-refractivity contribution >= 4 is 6.03 Å². The van der Waals surface area contributed by atoms with E-state index in [1.807, 2.05) is 25.1 Å². The van der Waals surface area contributed by atoms with Gasteiger partial charge in [0.15, 0.2) is 0 Å². The lowest BCUT2D eigenvalue weighted by atomic mass is 9.97. The lowest BCUT2D eigenvalue weighted by Gasteiger charge is -2.35. The molecule has 0 unspecified atom stereocenters. The molecule has 2 heterocycles.